The van der Waals surface area contributed by atoms with Gasteiger partial charge in [0, 0.05) is 13.1 Å². The minimum absolute atomic E-state index is 0.0903. The number of benzene rings is 2. The summed E-state index contributed by atoms with van der Waals surface area (Å²) in [7, 11) is -3.57. The standard InChI is InChI=1S/C24H28Cl2N2O3S/c1-16(19-9-8-18-4-2-5-20(18)13-19)27-24(29)21-6-3-11-28(14-21)32(30,31)15-17-7-10-22(25)23(26)12-17/h7-10,12-13,16,21H,2-6,11,14-15H2,1H3,(H,27,29)/t16-,21+/m0/s1. The van der Waals surface area contributed by atoms with Gasteiger partial charge in [-0.05, 0) is 73.4 Å². The smallest absolute Gasteiger partial charge is 0.224 e. The van der Waals surface area contributed by atoms with Crippen molar-refractivity contribution in [2.75, 3.05) is 13.1 Å². The number of piperidine rings is 1. The summed E-state index contributed by atoms with van der Waals surface area (Å²) >= 11 is 12.0. The van der Waals surface area contributed by atoms with Crippen LogP contribution in [0.4, 0.5) is 0 Å². The van der Waals surface area contributed by atoms with E-state index in [1.54, 1.807) is 18.2 Å². The van der Waals surface area contributed by atoms with Crippen LogP contribution in [-0.2, 0) is 33.4 Å². The number of halogens is 2. The molecule has 2 aliphatic rings. The quantitative estimate of drug-likeness (QED) is 0.620. The maximum atomic E-state index is 13.0. The maximum absolute atomic E-state index is 13.0. The second kappa shape index (κ2) is 9.72. The van der Waals surface area contributed by atoms with Crippen LogP contribution in [-0.4, -0.2) is 31.7 Å². The van der Waals surface area contributed by atoms with Gasteiger partial charge < -0.3 is 5.32 Å². The van der Waals surface area contributed by atoms with Gasteiger partial charge in [-0.3, -0.25) is 4.79 Å². The van der Waals surface area contributed by atoms with Gasteiger partial charge in [0.15, 0.2) is 0 Å². The number of fused-ring (bicyclic) bond motifs is 1. The molecule has 172 valence electrons. The summed E-state index contributed by atoms with van der Waals surface area (Å²) in [6, 6.07) is 11.2. The molecule has 1 saturated heterocycles. The van der Waals surface area contributed by atoms with Crippen molar-refractivity contribution in [2.24, 2.45) is 5.92 Å². The van der Waals surface area contributed by atoms with Crippen LogP contribution < -0.4 is 5.32 Å². The number of sulfonamides is 1. The summed E-state index contributed by atoms with van der Waals surface area (Å²) in [5, 5.41) is 3.82. The van der Waals surface area contributed by atoms with Crippen LogP contribution >= 0.6 is 23.2 Å². The lowest BCUT2D eigenvalue weighted by molar-refractivity contribution is -0.126. The Labute approximate surface area is 200 Å². The van der Waals surface area contributed by atoms with Crippen LogP contribution in [0.1, 0.15) is 54.5 Å². The van der Waals surface area contributed by atoms with Crippen LogP contribution in [0, 0.1) is 5.92 Å². The lowest BCUT2D eigenvalue weighted by atomic mass is 9.97. The highest BCUT2D eigenvalue weighted by atomic mass is 35.5. The SMILES string of the molecule is C[C@H](NC(=O)[C@@H]1CCCN(S(=O)(=O)Cc2ccc(Cl)c(Cl)c2)C1)c1ccc2c(c1)CCC2. The van der Waals surface area contributed by atoms with E-state index in [0.29, 0.717) is 35.0 Å². The molecule has 32 heavy (non-hydrogen) atoms. The summed E-state index contributed by atoms with van der Waals surface area (Å²) in [6.07, 6.45) is 4.75. The third-order valence-electron chi connectivity index (χ3n) is 6.46. The summed E-state index contributed by atoms with van der Waals surface area (Å²) < 4.78 is 27.4. The first-order valence-corrected chi connectivity index (χ1v) is 13.4. The van der Waals surface area contributed by atoms with E-state index in [9.17, 15) is 13.2 Å². The van der Waals surface area contributed by atoms with E-state index in [2.05, 4.69) is 23.5 Å². The number of amides is 1. The van der Waals surface area contributed by atoms with Crippen molar-refractivity contribution >= 4 is 39.1 Å². The van der Waals surface area contributed by atoms with E-state index < -0.39 is 10.0 Å². The lowest BCUT2D eigenvalue weighted by Crippen LogP contribution is -2.46. The Morgan fingerprint density at radius 2 is 1.88 bits per heavy atom. The molecule has 4 rings (SSSR count). The van der Waals surface area contributed by atoms with E-state index in [1.165, 1.54) is 21.9 Å². The van der Waals surface area contributed by atoms with Gasteiger partial charge in [-0.25, -0.2) is 12.7 Å². The molecule has 1 aliphatic heterocycles. The average Bonchev–Trinajstić information content (AvgIpc) is 3.24. The molecule has 2 atom stereocenters. The monoisotopic (exact) mass is 494 g/mol. The van der Waals surface area contributed by atoms with Crippen LogP contribution in [0.15, 0.2) is 36.4 Å². The molecule has 1 aliphatic carbocycles. The van der Waals surface area contributed by atoms with Crippen molar-refractivity contribution in [3.8, 4) is 0 Å². The number of nitrogens with one attached hydrogen (secondary N) is 1. The average molecular weight is 495 g/mol. The largest absolute Gasteiger partial charge is 0.349 e. The van der Waals surface area contributed by atoms with E-state index in [4.69, 9.17) is 23.2 Å². The maximum Gasteiger partial charge on any atom is 0.224 e. The van der Waals surface area contributed by atoms with Crippen molar-refractivity contribution in [3.63, 3.8) is 0 Å². The number of rotatable bonds is 6. The predicted octanol–water partition coefficient (Wildman–Crippen LogP) is 4.90. The van der Waals surface area contributed by atoms with Crippen LogP contribution in [0.2, 0.25) is 10.0 Å². The highest BCUT2D eigenvalue weighted by molar-refractivity contribution is 7.88. The summed E-state index contributed by atoms with van der Waals surface area (Å²) in [5.41, 5.74) is 4.46. The number of nitrogens with zero attached hydrogens (tertiary/aromatic N) is 1. The number of carbonyl (C=O) groups excluding carboxylic acids is 1. The number of hydrogen-bond donors (Lipinski definition) is 1. The zero-order valence-corrected chi connectivity index (χ0v) is 20.4. The zero-order chi connectivity index (χ0) is 22.9. The third kappa shape index (κ3) is 5.30. The molecule has 0 bridgehead atoms. The first kappa shape index (κ1) is 23.6. The molecule has 1 fully saturated rings. The molecule has 8 heteroatoms. The molecule has 0 saturated carbocycles. The van der Waals surface area contributed by atoms with Crippen molar-refractivity contribution in [3.05, 3.63) is 68.7 Å². The van der Waals surface area contributed by atoms with Gasteiger partial charge in [0.1, 0.15) is 0 Å². The van der Waals surface area contributed by atoms with Crippen molar-refractivity contribution in [1.82, 2.24) is 9.62 Å². The normalized spacial score (nSPS) is 20.0. The van der Waals surface area contributed by atoms with Gasteiger partial charge in [0.25, 0.3) is 0 Å². The molecule has 2 aromatic rings. The molecule has 2 aromatic carbocycles. The summed E-state index contributed by atoms with van der Waals surface area (Å²) in [6.45, 7) is 2.61. The number of carbonyl (C=O) groups is 1. The Balaban J connectivity index is 1.39. The Hall–Kier alpha value is -1.60. The van der Waals surface area contributed by atoms with Crippen molar-refractivity contribution in [1.29, 1.82) is 0 Å². The molecular weight excluding hydrogens is 467 g/mol. The summed E-state index contributed by atoms with van der Waals surface area (Å²) in [5.74, 6) is -0.610. The zero-order valence-electron chi connectivity index (χ0n) is 18.1. The molecule has 1 N–H and O–H groups in total. The minimum atomic E-state index is -3.57. The molecule has 1 heterocycles. The van der Waals surface area contributed by atoms with Gasteiger partial charge in [-0.1, -0.05) is 47.5 Å². The highest BCUT2D eigenvalue weighted by Gasteiger charge is 2.33. The fourth-order valence-electron chi connectivity index (χ4n) is 4.62. The second-order valence-corrected chi connectivity index (χ2v) is 11.6. The van der Waals surface area contributed by atoms with E-state index in [0.717, 1.165) is 18.4 Å². The first-order valence-electron chi connectivity index (χ1n) is 11.1. The Kier molecular flexibility index (Phi) is 7.15. The highest BCUT2D eigenvalue weighted by Crippen LogP contribution is 2.28. The molecule has 0 radical (unpaired) electrons. The molecular formula is C24H28Cl2N2O3S. The third-order valence-corrected chi connectivity index (χ3v) is 9.02. The molecule has 0 unspecified atom stereocenters. The molecule has 0 spiro atoms. The number of aryl methyl sites for hydroxylation is 2. The second-order valence-electron chi connectivity index (χ2n) is 8.81. The Morgan fingerprint density at radius 1 is 1.09 bits per heavy atom. The fraction of sp³-hybridized carbons (Fsp3) is 0.458. The topological polar surface area (TPSA) is 66.5 Å². The predicted molar refractivity (Wildman–Crippen MR) is 128 cm³/mol. The van der Waals surface area contributed by atoms with E-state index in [-0.39, 0.29) is 30.2 Å². The van der Waals surface area contributed by atoms with Crippen LogP contribution in [0.25, 0.3) is 0 Å². The van der Waals surface area contributed by atoms with Crippen LogP contribution in [0.5, 0.6) is 0 Å². The van der Waals surface area contributed by atoms with Gasteiger partial charge in [-0.2, -0.15) is 0 Å². The minimum Gasteiger partial charge on any atom is -0.349 e. The van der Waals surface area contributed by atoms with Gasteiger partial charge in [0.2, 0.25) is 15.9 Å². The molecule has 5 nitrogen and oxygen atoms in total. The Morgan fingerprint density at radius 3 is 2.66 bits per heavy atom. The van der Waals surface area contributed by atoms with Gasteiger partial charge >= 0.3 is 0 Å². The van der Waals surface area contributed by atoms with E-state index in [1.807, 2.05) is 6.92 Å². The van der Waals surface area contributed by atoms with Crippen LogP contribution in [0.3, 0.4) is 0 Å². The van der Waals surface area contributed by atoms with Crippen molar-refractivity contribution < 1.29 is 13.2 Å². The lowest BCUT2D eigenvalue weighted by Gasteiger charge is -2.32. The molecule has 1 amide bonds. The van der Waals surface area contributed by atoms with Gasteiger partial charge in [-0.15, -0.1) is 0 Å². The Bertz CT molecular complexity index is 1120. The fourth-order valence-corrected chi connectivity index (χ4v) is 6.53. The number of hydrogen-bond acceptors (Lipinski definition) is 3. The summed E-state index contributed by atoms with van der Waals surface area (Å²) in [4.78, 5) is 13.0. The van der Waals surface area contributed by atoms with E-state index >= 15 is 0 Å². The first-order chi connectivity index (χ1) is 15.2. The molecule has 0 aromatic heterocycles. The van der Waals surface area contributed by atoms with Gasteiger partial charge in [0.05, 0.1) is 27.8 Å². The van der Waals surface area contributed by atoms with Crippen molar-refractivity contribution in [2.45, 2.75) is 50.8 Å².